The Labute approximate surface area is 92.0 Å². The number of hydrogen-bond donors (Lipinski definition) is 1. The van der Waals surface area contributed by atoms with Crippen molar-refractivity contribution >= 4 is 0 Å². The lowest BCUT2D eigenvalue weighted by molar-refractivity contribution is 0.407. The molecule has 0 aliphatic heterocycles. The normalized spacial score (nSPS) is 10.4. The van der Waals surface area contributed by atoms with Crippen molar-refractivity contribution < 1.29 is 13.9 Å². The van der Waals surface area contributed by atoms with Crippen LogP contribution in [0.1, 0.15) is 5.56 Å². The second-order valence-corrected chi connectivity index (χ2v) is 3.66. The third-order valence-electron chi connectivity index (χ3n) is 2.36. The minimum absolute atomic E-state index is 0.458. The second-order valence-electron chi connectivity index (χ2n) is 3.66. The predicted octanol–water partition coefficient (Wildman–Crippen LogP) is 3.65. The van der Waals surface area contributed by atoms with E-state index < -0.39 is 17.4 Å². The first-order valence-electron chi connectivity index (χ1n) is 4.83. The number of hydrogen-bond acceptors (Lipinski definition) is 1. The van der Waals surface area contributed by atoms with Gasteiger partial charge in [-0.3, -0.25) is 0 Å². The average Bonchev–Trinajstić information content (AvgIpc) is 2.25. The van der Waals surface area contributed by atoms with E-state index in [1.54, 1.807) is 6.07 Å². The zero-order chi connectivity index (χ0) is 11.7. The third-order valence-corrected chi connectivity index (χ3v) is 2.36. The zero-order valence-corrected chi connectivity index (χ0v) is 8.67. The fourth-order valence-electron chi connectivity index (χ4n) is 1.57. The summed E-state index contributed by atoms with van der Waals surface area (Å²) in [6.07, 6.45) is 0. The van der Waals surface area contributed by atoms with Crippen molar-refractivity contribution in [3.63, 3.8) is 0 Å². The summed E-state index contributed by atoms with van der Waals surface area (Å²) in [5.74, 6) is -2.93. The molecule has 82 valence electrons. The van der Waals surface area contributed by atoms with Crippen molar-refractivity contribution in [2.24, 2.45) is 0 Å². The molecule has 2 aromatic rings. The van der Waals surface area contributed by atoms with Gasteiger partial charge in [0, 0.05) is 0 Å². The Morgan fingerprint density at radius 3 is 2.38 bits per heavy atom. The molecule has 16 heavy (non-hydrogen) atoms. The van der Waals surface area contributed by atoms with Gasteiger partial charge >= 0.3 is 0 Å². The highest BCUT2D eigenvalue weighted by atomic mass is 19.2. The zero-order valence-electron chi connectivity index (χ0n) is 8.67. The summed E-state index contributed by atoms with van der Waals surface area (Å²) in [6, 6.07) is 9.63. The maximum atomic E-state index is 13.1. The molecular weight excluding hydrogens is 210 g/mol. The highest BCUT2D eigenvalue weighted by molar-refractivity contribution is 5.65. The standard InChI is InChI=1S/C13H10F2O/c1-8-3-2-4-9(5-8)10-6-11(14)13(15)12(16)7-10/h2-7,16H,1H3. The lowest BCUT2D eigenvalue weighted by atomic mass is 10.0. The number of phenolic OH excluding ortho intramolecular Hbond substituents is 1. The monoisotopic (exact) mass is 220 g/mol. The van der Waals surface area contributed by atoms with Crippen LogP contribution in [-0.4, -0.2) is 5.11 Å². The lowest BCUT2D eigenvalue weighted by Crippen LogP contribution is -1.87. The quantitative estimate of drug-likeness (QED) is 0.777. The maximum Gasteiger partial charge on any atom is 0.200 e. The van der Waals surface area contributed by atoms with Gasteiger partial charge in [0.15, 0.2) is 17.4 Å². The van der Waals surface area contributed by atoms with Gasteiger partial charge in [-0.1, -0.05) is 29.8 Å². The summed E-state index contributed by atoms with van der Waals surface area (Å²) in [4.78, 5) is 0. The molecule has 1 nitrogen and oxygen atoms in total. The third kappa shape index (κ3) is 1.89. The topological polar surface area (TPSA) is 20.2 Å². The molecule has 1 N–H and O–H groups in total. The van der Waals surface area contributed by atoms with Gasteiger partial charge in [-0.05, 0) is 30.2 Å². The van der Waals surface area contributed by atoms with Crippen LogP contribution >= 0.6 is 0 Å². The van der Waals surface area contributed by atoms with Crippen LogP contribution < -0.4 is 0 Å². The van der Waals surface area contributed by atoms with Gasteiger partial charge in [0.1, 0.15) is 0 Å². The van der Waals surface area contributed by atoms with Crippen LogP contribution in [0.25, 0.3) is 11.1 Å². The van der Waals surface area contributed by atoms with Crippen molar-refractivity contribution in [3.8, 4) is 16.9 Å². The van der Waals surface area contributed by atoms with Crippen LogP contribution in [0, 0.1) is 18.6 Å². The molecule has 0 atom stereocenters. The average molecular weight is 220 g/mol. The molecule has 0 radical (unpaired) electrons. The summed E-state index contributed by atoms with van der Waals surface area (Å²) in [7, 11) is 0. The lowest BCUT2D eigenvalue weighted by Gasteiger charge is -2.05. The van der Waals surface area contributed by atoms with Gasteiger partial charge < -0.3 is 5.11 Å². The Bertz CT molecular complexity index is 512. The number of halogens is 2. The fourth-order valence-corrected chi connectivity index (χ4v) is 1.57. The molecule has 0 bridgehead atoms. The van der Waals surface area contributed by atoms with Crippen molar-refractivity contribution in [2.75, 3.05) is 0 Å². The van der Waals surface area contributed by atoms with Gasteiger partial charge in [-0.25, -0.2) is 4.39 Å². The van der Waals surface area contributed by atoms with Gasteiger partial charge in [0.25, 0.3) is 0 Å². The maximum absolute atomic E-state index is 13.1. The summed E-state index contributed by atoms with van der Waals surface area (Å²) in [5.41, 5.74) is 2.22. The Kier molecular flexibility index (Phi) is 2.60. The molecule has 0 aliphatic rings. The van der Waals surface area contributed by atoms with E-state index in [1.807, 2.05) is 25.1 Å². The van der Waals surface area contributed by atoms with Crippen LogP contribution in [0.4, 0.5) is 8.78 Å². The van der Waals surface area contributed by atoms with E-state index in [-0.39, 0.29) is 0 Å². The van der Waals surface area contributed by atoms with Crippen LogP contribution in [0.5, 0.6) is 5.75 Å². The molecule has 0 saturated carbocycles. The van der Waals surface area contributed by atoms with Crippen LogP contribution in [0.3, 0.4) is 0 Å². The van der Waals surface area contributed by atoms with Gasteiger partial charge in [-0.15, -0.1) is 0 Å². The van der Waals surface area contributed by atoms with Crippen LogP contribution in [0.2, 0.25) is 0 Å². The minimum atomic E-state index is -1.21. The Balaban J connectivity index is 2.57. The molecule has 0 spiro atoms. The highest BCUT2D eigenvalue weighted by Crippen LogP contribution is 2.28. The number of rotatable bonds is 1. The molecule has 0 heterocycles. The van der Waals surface area contributed by atoms with Gasteiger partial charge in [-0.2, -0.15) is 4.39 Å². The van der Waals surface area contributed by atoms with Crippen molar-refractivity contribution in [1.82, 2.24) is 0 Å². The Morgan fingerprint density at radius 2 is 1.75 bits per heavy atom. The van der Waals surface area contributed by atoms with E-state index in [4.69, 9.17) is 0 Å². The van der Waals surface area contributed by atoms with Crippen molar-refractivity contribution in [3.05, 3.63) is 53.6 Å². The van der Waals surface area contributed by atoms with E-state index in [9.17, 15) is 13.9 Å². The van der Waals surface area contributed by atoms with E-state index in [0.29, 0.717) is 5.56 Å². The summed E-state index contributed by atoms with van der Waals surface area (Å²) in [5, 5.41) is 9.20. The number of aromatic hydroxyl groups is 1. The van der Waals surface area contributed by atoms with Crippen LogP contribution in [0.15, 0.2) is 36.4 Å². The highest BCUT2D eigenvalue weighted by Gasteiger charge is 2.10. The second kappa shape index (κ2) is 3.93. The molecule has 0 aliphatic carbocycles. The first-order chi connectivity index (χ1) is 7.58. The molecule has 0 saturated heterocycles. The number of aryl methyl sites for hydroxylation is 1. The molecular formula is C13H10F2O. The first-order valence-corrected chi connectivity index (χ1v) is 4.83. The smallest absolute Gasteiger partial charge is 0.200 e. The fraction of sp³-hybridized carbons (Fsp3) is 0.0769. The minimum Gasteiger partial charge on any atom is -0.505 e. The number of benzene rings is 2. The van der Waals surface area contributed by atoms with Crippen LogP contribution in [-0.2, 0) is 0 Å². The first kappa shape index (κ1) is 10.6. The summed E-state index contributed by atoms with van der Waals surface area (Å²) < 4.78 is 26.0. The predicted molar refractivity (Wildman–Crippen MR) is 58.2 cm³/mol. The summed E-state index contributed by atoms with van der Waals surface area (Å²) >= 11 is 0. The molecule has 2 aromatic carbocycles. The number of phenols is 1. The Hall–Kier alpha value is -1.90. The largest absolute Gasteiger partial charge is 0.505 e. The van der Waals surface area contributed by atoms with Gasteiger partial charge in [0.05, 0.1) is 0 Å². The molecule has 0 amide bonds. The van der Waals surface area contributed by atoms with Crippen molar-refractivity contribution in [2.45, 2.75) is 6.92 Å². The molecule has 3 heteroatoms. The van der Waals surface area contributed by atoms with E-state index >= 15 is 0 Å². The van der Waals surface area contributed by atoms with E-state index in [1.165, 1.54) is 6.07 Å². The molecule has 0 unspecified atom stereocenters. The molecule has 2 rings (SSSR count). The van der Waals surface area contributed by atoms with E-state index in [2.05, 4.69) is 0 Å². The van der Waals surface area contributed by atoms with E-state index in [0.717, 1.165) is 17.2 Å². The molecule has 0 aromatic heterocycles. The summed E-state index contributed by atoms with van der Waals surface area (Å²) in [6.45, 7) is 1.91. The van der Waals surface area contributed by atoms with Crippen molar-refractivity contribution in [1.29, 1.82) is 0 Å². The SMILES string of the molecule is Cc1cccc(-c2cc(O)c(F)c(F)c2)c1. The molecule has 0 fully saturated rings. The Morgan fingerprint density at radius 1 is 1.00 bits per heavy atom. The van der Waals surface area contributed by atoms with Gasteiger partial charge in [0.2, 0.25) is 0 Å².